The highest BCUT2D eigenvalue weighted by Gasteiger charge is 2.20. The standard InChI is InChI=1S/C14H20N2O2/c1-18-7-6-12-4-2-3-5-13(12)16-14(17)8-11-9-15-10-11/h2-5,11,15H,6-10H2,1H3,(H,16,17). The molecule has 1 aromatic rings. The number of hydrogen-bond acceptors (Lipinski definition) is 3. The summed E-state index contributed by atoms with van der Waals surface area (Å²) in [6.45, 7) is 2.58. The van der Waals surface area contributed by atoms with Gasteiger partial charge in [0.05, 0.1) is 6.61 Å². The van der Waals surface area contributed by atoms with Crippen LogP contribution >= 0.6 is 0 Å². The number of anilines is 1. The second-order valence-electron chi connectivity index (χ2n) is 4.68. The maximum absolute atomic E-state index is 11.9. The van der Waals surface area contributed by atoms with Crippen molar-refractivity contribution in [3.05, 3.63) is 29.8 Å². The van der Waals surface area contributed by atoms with E-state index < -0.39 is 0 Å². The number of carbonyl (C=O) groups excluding carboxylic acids is 1. The van der Waals surface area contributed by atoms with Gasteiger partial charge in [0.15, 0.2) is 0 Å². The molecule has 2 N–H and O–H groups in total. The number of methoxy groups -OCH3 is 1. The van der Waals surface area contributed by atoms with E-state index >= 15 is 0 Å². The molecule has 1 aromatic carbocycles. The molecule has 1 heterocycles. The fraction of sp³-hybridized carbons (Fsp3) is 0.500. The first-order valence-corrected chi connectivity index (χ1v) is 6.37. The number of para-hydroxylation sites is 1. The molecule has 1 saturated heterocycles. The smallest absolute Gasteiger partial charge is 0.224 e. The molecule has 1 fully saturated rings. The highest BCUT2D eigenvalue weighted by molar-refractivity contribution is 5.91. The molecule has 2 rings (SSSR count). The lowest BCUT2D eigenvalue weighted by Crippen LogP contribution is -2.43. The van der Waals surface area contributed by atoms with Gasteiger partial charge in [0.1, 0.15) is 0 Å². The lowest BCUT2D eigenvalue weighted by atomic mass is 9.99. The second kappa shape index (κ2) is 6.52. The molecule has 0 saturated carbocycles. The van der Waals surface area contributed by atoms with E-state index in [1.54, 1.807) is 7.11 Å². The maximum Gasteiger partial charge on any atom is 0.224 e. The van der Waals surface area contributed by atoms with E-state index in [4.69, 9.17) is 4.74 Å². The summed E-state index contributed by atoms with van der Waals surface area (Å²) in [7, 11) is 1.69. The number of nitrogens with one attached hydrogen (secondary N) is 2. The van der Waals surface area contributed by atoms with Gasteiger partial charge in [0, 0.05) is 19.2 Å². The highest BCUT2D eigenvalue weighted by atomic mass is 16.5. The molecule has 0 unspecified atom stereocenters. The summed E-state index contributed by atoms with van der Waals surface area (Å²) in [5.74, 6) is 0.600. The summed E-state index contributed by atoms with van der Waals surface area (Å²) in [6.07, 6.45) is 1.42. The predicted octanol–water partition coefficient (Wildman–Crippen LogP) is 1.42. The van der Waals surface area contributed by atoms with Gasteiger partial charge in [0.2, 0.25) is 5.91 Å². The van der Waals surface area contributed by atoms with Crippen molar-refractivity contribution in [2.24, 2.45) is 5.92 Å². The molecule has 0 radical (unpaired) electrons. The Balaban J connectivity index is 1.92. The molecule has 1 aliphatic rings. The van der Waals surface area contributed by atoms with E-state index in [1.807, 2.05) is 24.3 Å². The van der Waals surface area contributed by atoms with Crippen molar-refractivity contribution in [1.82, 2.24) is 5.32 Å². The van der Waals surface area contributed by atoms with E-state index in [0.29, 0.717) is 18.9 Å². The van der Waals surface area contributed by atoms with Crippen molar-refractivity contribution >= 4 is 11.6 Å². The Hall–Kier alpha value is -1.39. The zero-order valence-electron chi connectivity index (χ0n) is 10.7. The van der Waals surface area contributed by atoms with Gasteiger partial charge in [-0.05, 0) is 37.1 Å². The first-order valence-electron chi connectivity index (χ1n) is 6.37. The summed E-state index contributed by atoms with van der Waals surface area (Å²) in [5, 5.41) is 6.17. The van der Waals surface area contributed by atoms with Crippen LogP contribution in [0.15, 0.2) is 24.3 Å². The van der Waals surface area contributed by atoms with Crippen LogP contribution in [-0.4, -0.2) is 32.7 Å². The van der Waals surface area contributed by atoms with Crippen molar-refractivity contribution in [3.8, 4) is 0 Å². The minimum Gasteiger partial charge on any atom is -0.384 e. The van der Waals surface area contributed by atoms with Crippen molar-refractivity contribution in [3.63, 3.8) is 0 Å². The normalized spacial score (nSPS) is 15.2. The summed E-state index contributed by atoms with van der Waals surface area (Å²) in [5.41, 5.74) is 2.03. The Morgan fingerprint density at radius 1 is 1.44 bits per heavy atom. The monoisotopic (exact) mass is 248 g/mol. The first kappa shape index (κ1) is 13.1. The molecule has 0 spiro atoms. The van der Waals surface area contributed by atoms with E-state index in [1.165, 1.54) is 0 Å². The third kappa shape index (κ3) is 3.55. The average molecular weight is 248 g/mol. The molecule has 4 nitrogen and oxygen atoms in total. The Morgan fingerprint density at radius 2 is 2.22 bits per heavy atom. The molecule has 18 heavy (non-hydrogen) atoms. The zero-order chi connectivity index (χ0) is 12.8. The van der Waals surface area contributed by atoms with Crippen LogP contribution in [0.1, 0.15) is 12.0 Å². The third-order valence-electron chi connectivity index (χ3n) is 3.21. The number of benzene rings is 1. The van der Waals surface area contributed by atoms with Crippen LogP contribution < -0.4 is 10.6 Å². The summed E-state index contributed by atoms with van der Waals surface area (Å²) < 4.78 is 5.08. The highest BCUT2D eigenvalue weighted by Crippen LogP contribution is 2.17. The van der Waals surface area contributed by atoms with Gasteiger partial charge in [-0.2, -0.15) is 0 Å². The Morgan fingerprint density at radius 3 is 2.89 bits per heavy atom. The minimum absolute atomic E-state index is 0.103. The van der Waals surface area contributed by atoms with Gasteiger partial charge in [-0.15, -0.1) is 0 Å². The van der Waals surface area contributed by atoms with Crippen molar-refractivity contribution in [2.45, 2.75) is 12.8 Å². The fourth-order valence-corrected chi connectivity index (χ4v) is 2.03. The predicted molar refractivity (Wildman–Crippen MR) is 71.6 cm³/mol. The van der Waals surface area contributed by atoms with Crippen LogP contribution in [0.4, 0.5) is 5.69 Å². The van der Waals surface area contributed by atoms with Gasteiger partial charge in [-0.3, -0.25) is 4.79 Å². The fourth-order valence-electron chi connectivity index (χ4n) is 2.03. The van der Waals surface area contributed by atoms with E-state index in [2.05, 4.69) is 10.6 Å². The molecule has 98 valence electrons. The quantitative estimate of drug-likeness (QED) is 0.800. The van der Waals surface area contributed by atoms with Crippen LogP contribution in [0.2, 0.25) is 0 Å². The number of hydrogen-bond donors (Lipinski definition) is 2. The molecule has 0 atom stereocenters. The van der Waals surface area contributed by atoms with E-state index in [9.17, 15) is 4.79 Å². The van der Waals surface area contributed by atoms with Crippen LogP contribution in [-0.2, 0) is 16.0 Å². The van der Waals surface area contributed by atoms with Crippen LogP contribution in [0.25, 0.3) is 0 Å². The largest absolute Gasteiger partial charge is 0.384 e. The van der Waals surface area contributed by atoms with E-state index in [-0.39, 0.29) is 5.91 Å². The Labute approximate surface area is 108 Å². The van der Waals surface area contributed by atoms with E-state index in [0.717, 1.165) is 30.8 Å². The van der Waals surface area contributed by atoms with Crippen molar-refractivity contribution in [1.29, 1.82) is 0 Å². The number of rotatable bonds is 6. The lowest BCUT2D eigenvalue weighted by molar-refractivity contribution is -0.117. The Kier molecular flexibility index (Phi) is 4.73. The van der Waals surface area contributed by atoms with Crippen LogP contribution in [0, 0.1) is 5.92 Å². The van der Waals surface area contributed by atoms with Crippen molar-refractivity contribution < 1.29 is 9.53 Å². The van der Waals surface area contributed by atoms with Crippen molar-refractivity contribution in [2.75, 3.05) is 32.1 Å². The molecule has 4 heteroatoms. The summed E-state index contributed by atoms with van der Waals surface area (Å²) >= 11 is 0. The second-order valence-corrected chi connectivity index (χ2v) is 4.68. The summed E-state index contributed by atoms with van der Waals surface area (Å²) in [6, 6.07) is 7.90. The van der Waals surface area contributed by atoms with Gasteiger partial charge in [0.25, 0.3) is 0 Å². The molecule has 1 aliphatic heterocycles. The molecular formula is C14H20N2O2. The first-order chi connectivity index (χ1) is 8.79. The topological polar surface area (TPSA) is 50.4 Å². The number of carbonyl (C=O) groups is 1. The number of amides is 1. The van der Waals surface area contributed by atoms with Crippen LogP contribution in [0.5, 0.6) is 0 Å². The van der Waals surface area contributed by atoms with Gasteiger partial charge < -0.3 is 15.4 Å². The molecule has 1 amide bonds. The molecule has 0 aliphatic carbocycles. The third-order valence-corrected chi connectivity index (χ3v) is 3.21. The summed E-state index contributed by atoms with van der Waals surface area (Å²) in [4.78, 5) is 11.9. The minimum atomic E-state index is 0.103. The Bertz CT molecular complexity index is 403. The average Bonchev–Trinajstić information content (AvgIpc) is 2.33. The van der Waals surface area contributed by atoms with Gasteiger partial charge >= 0.3 is 0 Å². The SMILES string of the molecule is COCCc1ccccc1NC(=O)CC1CNC1. The molecular weight excluding hydrogens is 228 g/mol. The maximum atomic E-state index is 11.9. The van der Waals surface area contributed by atoms with Gasteiger partial charge in [-0.25, -0.2) is 0 Å². The zero-order valence-corrected chi connectivity index (χ0v) is 10.7. The number of ether oxygens (including phenoxy) is 1. The molecule has 0 aromatic heterocycles. The van der Waals surface area contributed by atoms with Gasteiger partial charge in [-0.1, -0.05) is 18.2 Å². The van der Waals surface area contributed by atoms with Crippen LogP contribution in [0.3, 0.4) is 0 Å². The molecule has 0 bridgehead atoms. The lowest BCUT2D eigenvalue weighted by Gasteiger charge is -2.26.